The SMILES string of the molecule is CC(C)(C)[C@@H](N)C(=O)NN(Cc1ccc(-c2ccccn2)cc1)C[C@@H](O)[C@@H](N)Cc1ccccc1. The zero-order chi connectivity index (χ0) is 25.4. The lowest BCUT2D eigenvalue weighted by Crippen LogP contribution is -2.56. The number of amides is 1. The standard InChI is InChI=1S/C28H37N5O2/c1-28(2,3)26(30)27(35)32-33(19-25(34)23(29)17-20-9-5-4-6-10-20)18-21-12-14-22(15-13-21)24-11-7-8-16-31-24/h4-16,23,25-26,34H,17-19,29-30H2,1-3H3,(H,32,35)/t23-,25+,26-/m0/s1. The summed E-state index contributed by atoms with van der Waals surface area (Å²) in [6.45, 7) is 6.31. The third-order valence-electron chi connectivity index (χ3n) is 5.99. The Labute approximate surface area is 208 Å². The molecule has 35 heavy (non-hydrogen) atoms. The van der Waals surface area contributed by atoms with Gasteiger partial charge in [-0.2, -0.15) is 0 Å². The van der Waals surface area contributed by atoms with Gasteiger partial charge in [-0.3, -0.25) is 15.2 Å². The molecule has 0 saturated carbocycles. The molecule has 1 amide bonds. The Morgan fingerprint density at radius 3 is 2.23 bits per heavy atom. The number of aliphatic hydroxyl groups excluding tert-OH is 1. The molecule has 0 aliphatic heterocycles. The summed E-state index contributed by atoms with van der Waals surface area (Å²) in [6, 6.07) is 22.4. The summed E-state index contributed by atoms with van der Waals surface area (Å²) in [7, 11) is 0. The molecule has 7 heteroatoms. The summed E-state index contributed by atoms with van der Waals surface area (Å²) in [4.78, 5) is 17.3. The van der Waals surface area contributed by atoms with Crippen molar-refractivity contribution in [3.8, 4) is 11.3 Å². The average Bonchev–Trinajstić information content (AvgIpc) is 2.84. The summed E-state index contributed by atoms with van der Waals surface area (Å²) in [5.41, 5.74) is 18.9. The highest BCUT2D eigenvalue weighted by molar-refractivity contribution is 5.81. The monoisotopic (exact) mass is 475 g/mol. The van der Waals surface area contributed by atoms with Gasteiger partial charge in [-0.05, 0) is 35.1 Å². The minimum absolute atomic E-state index is 0.165. The summed E-state index contributed by atoms with van der Waals surface area (Å²) < 4.78 is 0. The maximum absolute atomic E-state index is 12.9. The third-order valence-corrected chi connectivity index (χ3v) is 5.99. The number of pyridine rings is 1. The van der Waals surface area contributed by atoms with Gasteiger partial charge in [-0.15, -0.1) is 0 Å². The number of hydrogen-bond donors (Lipinski definition) is 4. The fourth-order valence-electron chi connectivity index (χ4n) is 3.69. The number of hydrazine groups is 1. The summed E-state index contributed by atoms with van der Waals surface area (Å²) in [5, 5.41) is 12.6. The van der Waals surface area contributed by atoms with E-state index in [-0.39, 0.29) is 12.5 Å². The van der Waals surface area contributed by atoms with Gasteiger partial charge in [-0.25, -0.2) is 5.01 Å². The number of hydrogen-bond acceptors (Lipinski definition) is 6. The Morgan fingerprint density at radius 1 is 0.971 bits per heavy atom. The Balaban J connectivity index is 1.72. The molecule has 2 aromatic carbocycles. The number of nitrogens with zero attached hydrogens (tertiary/aromatic N) is 2. The molecule has 1 aromatic heterocycles. The second kappa shape index (κ2) is 12.0. The van der Waals surface area contributed by atoms with E-state index in [4.69, 9.17) is 11.5 Å². The minimum atomic E-state index is -0.853. The molecule has 0 fully saturated rings. The van der Waals surface area contributed by atoms with Crippen LogP contribution in [0.15, 0.2) is 79.0 Å². The number of nitrogens with one attached hydrogen (secondary N) is 1. The van der Waals surface area contributed by atoms with Crippen molar-refractivity contribution in [2.75, 3.05) is 6.54 Å². The van der Waals surface area contributed by atoms with Crippen LogP contribution in [0.1, 0.15) is 31.9 Å². The lowest BCUT2D eigenvalue weighted by atomic mass is 9.87. The van der Waals surface area contributed by atoms with Crippen molar-refractivity contribution in [3.63, 3.8) is 0 Å². The van der Waals surface area contributed by atoms with Crippen LogP contribution in [-0.4, -0.2) is 45.7 Å². The van der Waals surface area contributed by atoms with E-state index in [0.717, 1.165) is 22.4 Å². The molecule has 3 rings (SSSR count). The highest BCUT2D eigenvalue weighted by Gasteiger charge is 2.29. The average molecular weight is 476 g/mol. The summed E-state index contributed by atoms with van der Waals surface area (Å²) in [6.07, 6.45) is 1.44. The Morgan fingerprint density at radius 2 is 1.63 bits per heavy atom. The number of carbonyl (C=O) groups is 1. The number of nitrogens with two attached hydrogens (primary N) is 2. The molecule has 0 spiro atoms. The smallest absolute Gasteiger partial charge is 0.251 e. The highest BCUT2D eigenvalue weighted by atomic mass is 16.3. The second-order valence-corrected chi connectivity index (χ2v) is 10.0. The molecule has 0 radical (unpaired) electrons. The van der Waals surface area contributed by atoms with Crippen molar-refractivity contribution >= 4 is 5.91 Å². The van der Waals surface area contributed by atoms with Crippen LogP contribution in [0.5, 0.6) is 0 Å². The van der Waals surface area contributed by atoms with Gasteiger partial charge in [0.15, 0.2) is 0 Å². The van der Waals surface area contributed by atoms with Crippen LogP contribution >= 0.6 is 0 Å². The second-order valence-electron chi connectivity index (χ2n) is 10.0. The number of aromatic nitrogens is 1. The third kappa shape index (κ3) is 7.97. The van der Waals surface area contributed by atoms with E-state index >= 15 is 0 Å². The van der Waals surface area contributed by atoms with Gasteiger partial charge >= 0.3 is 0 Å². The van der Waals surface area contributed by atoms with E-state index in [1.165, 1.54) is 0 Å². The van der Waals surface area contributed by atoms with Crippen molar-refractivity contribution in [3.05, 3.63) is 90.1 Å². The molecule has 1 heterocycles. The Kier molecular flexibility index (Phi) is 9.12. The van der Waals surface area contributed by atoms with E-state index in [2.05, 4.69) is 10.4 Å². The van der Waals surface area contributed by atoms with Crippen molar-refractivity contribution < 1.29 is 9.90 Å². The predicted octanol–water partition coefficient (Wildman–Crippen LogP) is 2.89. The number of carbonyl (C=O) groups excluding carboxylic acids is 1. The molecule has 0 aliphatic rings. The lowest BCUT2D eigenvalue weighted by molar-refractivity contribution is -0.130. The first kappa shape index (κ1) is 26.5. The van der Waals surface area contributed by atoms with Crippen LogP contribution in [0, 0.1) is 5.41 Å². The largest absolute Gasteiger partial charge is 0.390 e. The Bertz CT molecular complexity index is 1050. The normalized spacial score (nSPS) is 14.4. The quantitative estimate of drug-likeness (QED) is 0.335. The number of rotatable bonds is 10. The van der Waals surface area contributed by atoms with Crippen molar-refractivity contribution in [2.24, 2.45) is 16.9 Å². The minimum Gasteiger partial charge on any atom is -0.390 e. The topological polar surface area (TPSA) is 118 Å². The number of aliphatic hydroxyl groups is 1. The van der Waals surface area contributed by atoms with Gasteiger partial charge < -0.3 is 16.6 Å². The summed E-state index contributed by atoms with van der Waals surface area (Å²) >= 11 is 0. The van der Waals surface area contributed by atoms with Gasteiger partial charge in [0, 0.05) is 30.9 Å². The maximum atomic E-state index is 12.9. The van der Waals surface area contributed by atoms with Crippen LogP contribution in [-0.2, 0) is 17.8 Å². The van der Waals surface area contributed by atoms with Gasteiger partial charge in [0.05, 0.1) is 17.8 Å². The highest BCUT2D eigenvalue weighted by Crippen LogP contribution is 2.19. The van der Waals surface area contributed by atoms with E-state index in [1.807, 2.05) is 93.6 Å². The van der Waals surface area contributed by atoms with E-state index in [9.17, 15) is 9.90 Å². The molecule has 0 aliphatic carbocycles. The molecule has 6 N–H and O–H groups in total. The molecule has 0 unspecified atom stereocenters. The van der Waals surface area contributed by atoms with Crippen LogP contribution in [0.2, 0.25) is 0 Å². The molecular weight excluding hydrogens is 438 g/mol. The molecule has 7 nitrogen and oxygen atoms in total. The molecule has 186 valence electrons. The Hall–Kier alpha value is -3.10. The zero-order valence-corrected chi connectivity index (χ0v) is 20.8. The van der Waals surface area contributed by atoms with E-state index in [1.54, 1.807) is 11.2 Å². The van der Waals surface area contributed by atoms with E-state index in [0.29, 0.717) is 13.0 Å². The van der Waals surface area contributed by atoms with Crippen LogP contribution < -0.4 is 16.9 Å². The van der Waals surface area contributed by atoms with Crippen molar-refractivity contribution in [1.82, 2.24) is 15.4 Å². The number of benzene rings is 2. The molecule has 3 atom stereocenters. The van der Waals surface area contributed by atoms with Gasteiger partial charge in [0.2, 0.25) is 0 Å². The molecule has 0 bridgehead atoms. The predicted molar refractivity (Wildman–Crippen MR) is 140 cm³/mol. The van der Waals surface area contributed by atoms with Crippen LogP contribution in [0.25, 0.3) is 11.3 Å². The molecule has 0 saturated heterocycles. The fourth-order valence-corrected chi connectivity index (χ4v) is 3.69. The first-order valence-electron chi connectivity index (χ1n) is 11.9. The summed E-state index contributed by atoms with van der Waals surface area (Å²) in [5.74, 6) is -0.300. The first-order valence-corrected chi connectivity index (χ1v) is 11.9. The van der Waals surface area contributed by atoms with E-state index < -0.39 is 23.6 Å². The van der Waals surface area contributed by atoms with Gasteiger partial charge in [0.1, 0.15) is 0 Å². The van der Waals surface area contributed by atoms with Crippen LogP contribution in [0.4, 0.5) is 0 Å². The molecular formula is C28H37N5O2. The molecule has 3 aromatic rings. The van der Waals surface area contributed by atoms with Crippen molar-refractivity contribution in [2.45, 2.75) is 51.9 Å². The van der Waals surface area contributed by atoms with Crippen molar-refractivity contribution in [1.29, 1.82) is 0 Å². The lowest BCUT2D eigenvalue weighted by Gasteiger charge is -2.32. The van der Waals surface area contributed by atoms with Gasteiger partial charge in [-0.1, -0.05) is 81.4 Å². The van der Waals surface area contributed by atoms with Gasteiger partial charge in [0.25, 0.3) is 5.91 Å². The maximum Gasteiger partial charge on any atom is 0.251 e. The first-order chi connectivity index (χ1) is 16.6. The van der Waals surface area contributed by atoms with Crippen LogP contribution in [0.3, 0.4) is 0 Å². The zero-order valence-electron chi connectivity index (χ0n) is 20.8. The fraction of sp³-hybridized carbons (Fsp3) is 0.357.